The number of carbonyl (C=O) groups excluding carboxylic acids is 7. The van der Waals surface area contributed by atoms with E-state index in [1.165, 1.54) is 10.8 Å². The van der Waals surface area contributed by atoms with E-state index in [1.54, 1.807) is 65.4 Å². The van der Waals surface area contributed by atoms with Gasteiger partial charge in [0.25, 0.3) is 0 Å². The number of carbonyl (C=O) groups is 8. The highest BCUT2D eigenvalue weighted by molar-refractivity contribution is 8.76. The van der Waals surface area contributed by atoms with Crippen molar-refractivity contribution in [2.75, 3.05) is 32.0 Å². The molecule has 356 valence electrons. The van der Waals surface area contributed by atoms with E-state index in [0.717, 1.165) is 12.7 Å². The second-order valence-electron chi connectivity index (χ2n) is 14.0. The van der Waals surface area contributed by atoms with Gasteiger partial charge in [-0.3, -0.25) is 43.5 Å². The number of carboxylic acid groups (broad SMARTS) is 1. The molecule has 16 N–H and O–H groups in total. The van der Waals surface area contributed by atoms with E-state index in [1.807, 2.05) is 6.92 Å². The molecule has 0 aromatic heterocycles. The maximum Gasteiger partial charge on any atom is 0.334 e. The maximum absolute atomic E-state index is 13.6. The number of amides is 6. The molecule has 0 saturated carbocycles. The third-order valence-electron chi connectivity index (χ3n) is 8.70. The largest absolute Gasteiger partial charge is 0.481 e. The Balaban J connectivity index is 2.21. The van der Waals surface area contributed by atoms with Crippen LogP contribution in [0.15, 0.2) is 69.5 Å². The van der Waals surface area contributed by atoms with Crippen LogP contribution in [-0.2, 0) is 44.8 Å². The van der Waals surface area contributed by atoms with Crippen molar-refractivity contribution in [3.63, 3.8) is 0 Å². The Hall–Kier alpha value is -6.60. The van der Waals surface area contributed by atoms with Crippen LogP contribution in [-0.4, -0.2) is 132 Å². The number of hydrogen-bond donors (Lipinski definition) is 12. The lowest BCUT2D eigenvalue weighted by atomic mass is 10.1. The van der Waals surface area contributed by atoms with Crippen molar-refractivity contribution in [1.29, 1.82) is 0 Å². The zero-order valence-corrected chi connectivity index (χ0v) is 37.6. The van der Waals surface area contributed by atoms with Gasteiger partial charge in [-0.05, 0) is 43.4 Å². The van der Waals surface area contributed by atoms with Crippen LogP contribution in [0.2, 0.25) is 0 Å². The number of benzene rings is 2. The number of carboxylic acids is 1. The molecule has 0 aliphatic rings. The zero-order chi connectivity index (χ0) is 48.3. The molecule has 5 atom stereocenters. The molecule has 0 aliphatic heterocycles. The molecule has 0 bridgehead atoms. The summed E-state index contributed by atoms with van der Waals surface area (Å²) < 4.78 is 5.72. The van der Waals surface area contributed by atoms with Crippen molar-refractivity contribution < 1.29 is 53.3 Å². The van der Waals surface area contributed by atoms with Crippen LogP contribution in [0, 0.1) is 0 Å². The standard InChI is InChI=1S/C40H58N12O11S2/c1-3-64-65-31-16-8-7-15-30(31)63-38(62)28(19-24-11-5-4-6-12-24)49-32(55)21-47-34(58)29(22-53)52-36(60)26(14-10-18-46-40(43)44)50-37(61)27(20-33(56)57)51-35(59)25(48-23(2)54)13-9-17-45-39(41)42/h4-8,11-12,15-16,25-29,53H,3,9-10,13-14,17-22H2,1-2H3,(H,47,58)(H,48,54)(H,49,55)(H,50,61)(H,51,59)(H,52,60)(H,56,57)(H4,41,42,45)(H4,43,44,46)/t25?,26?,27-,28-,29-/m0/s1. The molecule has 0 heterocycles. The van der Waals surface area contributed by atoms with E-state index < -0.39 is 97.2 Å². The smallest absolute Gasteiger partial charge is 0.334 e. The van der Waals surface area contributed by atoms with Gasteiger partial charge in [0.05, 0.1) is 24.5 Å². The average Bonchev–Trinajstić information content (AvgIpc) is 3.25. The number of nitrogens with two attached hydrogens (primary N) is 4. The van der Waals surface area contributed by atoms with Crippen LogP contribution in [0.1, 0.15) is 51.5 Å². The molecule has 2 aromatic rings. The SMILES string of the molecule is CCSSc1ccccc1OC(=O)[C@H](Cc1ccccc1)NC(=O)CNC(=O)[C@H](CO)NC(=O)C(CCCN=C(N)N)NC(=O)[C@H](CC(=O)O)NC(=O)C(CCCN=C(N)N)NC(C)=O. The number of aliphatic hydroxyl groups is 1. The number of guanidine groups is 2. The molecule has 0 fully saturated rings. The quantitative estimate of drug-likeness (QED) is 0.0102. The fourth-order valence-corrected chi connectivity index (χ4v) is 7.39. The minimum absolute atomic E-state index is 0.000603. The zero-order valence-electron chi connectivity index (χ0n) is 36.0. The summed E-state index contributed by atoms with van der Waals surface area (Å²) in [5.41, 5.74) is 22.1. The van der Waals surface area contributed by atoms with E-state index in [2.05, 4.69) is 41.9 Å². The number of hydrogen-bond acceptors (Lipinski definition) is 14. The highest BCUT2D eigenvalue weighted by Gasteiger charge is 2.32. The first-order chi connectivity index (χ1) is 30.9. The molecule has 65 heavy (non-hydrogen) atoms. The molecular weight excluding hydrogens is 889 g/mol. The van der Waals surface area contributed by atoms with E-state index >= 15 is 0 Å². The van der Waals surface area contributed by atoms with E-state index in [4.69, 9.17) is 27.7 Å². The molecule has 0 spiro atoms. The molecule has 0 radical (unpaired) electrons. The highest BCUT2D eigenvalue weighted by Crippen LogP contribution is 2.37. The minimum atomic E-state index is -1.77. The summed E-state index contributed by atoms with van der Waals surface area (Å²) >= 11 is 0. The van der Waals surface area contributed by atoms with Gasteiger partial charge in [0, 0.05) is 32.2 Å². The van der Waals surface area contributed by atoms with Crippen LogP contribution < -0.4 is 59.6 Å². The lowest BCUT2D eigenvalue weighted by Gasteiger charge is -2.25. The first-order valence-corrected chi connectivity index (χ1v) is 22.6. The van der Waals surface area contributed by atoms with Gasteiger partial charge < -0.3 is 69.8 Å². The topological polar surface area (TPSA) is 387 Å². The fourth-order valence-electron chi connectivity index (χ4n) is 5.67. The minimum Gasteiger partial charge on any atom is -0.481 e. The van der Waals surface area contributed by atoms with Crippen molar-refractivity contribution in [2.45, 2.75) is 87.5 Å². The van der Waals surface area contributed by atoms with E-state index in [9.17, 15) is 48.6 Å². The van der Waals surface area contributed by atoms with Crippen LogP contribution in [0.5, 0.6) is 5.75 Å². The van der Waals surface area contributed by atoms with Gasteiger partial charge in [0.2, 0.25) is 35.4 Å². The fraction of sp³-hybridized carbons (Fsp3) is 0.450. The predicted octanol–water partition coefficient (Wildman–Crippen LogP) is -2.27. The number of nitrogens with one attached hydrogen (secondary N) is 6. The van der Waals surface area contributed by atoms with Crippen molar-refractivity contribution in [3.8, 4) is 5.75 Å². The van der Waals surface area contributed by atoms with Crippen LogP contribution in [0.25, 0.3) is 0 Å². The number of aliphatic imine (C=N–C) groups is 2. The van der Waals surface area contributed by atoms with Crippen LogP contribution >= 0.6 is 21.6 Å². The molecule has 2 rings (SSSR count). The number of para-hydroxylation sites is 1. The first-order valence-electron chi connectivity index (χ1n) is 20.3. The summed E-state index contributed by atoms with van der Waals surface area (Å²) in [5.74, 6) is -7.15. The van der Waals surface area contributed by atoms with Gasteiger partial charge in [-0.15, -0.1) is 0 Å². The summed E-state index contributed by atoms with van der Waals surface area (Å²) in [6.45, 7) is 1.53. The van der Waals surface area contributed by atoms with Crippen LogP contribution in [0.3, 0.4) is 0 Å². The molecule has 25 heteroatoms. The number of esters is 1. The van der Waals surface area contributed by atoms with E-state index in [0.29, 0.717) is 16.2 Å². The monoisotopic (exact) mass is 946 g/mol. The van der Waals surface area contributed by atoms with Gasteiger partial charge in [-0.2, -0.15) is 0 Å². The van der Waals surface area contributed by atoms with Crippen molar-refractivity contribution >= 4 is 80.9 Å². The Morgan fingerprint density at radius 3 is 1.78 bits per heavy atom. The van der Waals surface area contributed by atoms with Crippen molar-refractivity contribution in [2.24, 2.45) is 32.9 Å². The third kappa shape index (κ3) is 22.0. The first kappa shape index (κ1) is 54.5. The molecule has 23 nitrogen and oxygen atoms in total. The summed E-state index contributed by atoms with van der Waals surface area (Å²) in [5, 5.41) is 33.9. The number of rotatable bonds is 29. The Morgan fingerprint density at radius 1 is 0.692 bits per heavy atom. The second kappa shape index (κ2) is 29.7. The Bertz CT molecular complexity index is 1990. The van der Waals surface area contributed by atoms with Gasteiger partial charge in [0.15, 0.2) is 11.9 Å². The average molecular weight is 947 g/mol. The summed E-state index contributed by atoms with van der Waals surface area (Å²) in [6.07, 6.45) is -0.818. The van der Waals surface area contributed by atoms with Crippen LogP contribution in [0.4, 0.5) is 0 Å². The lowest BCUT2D eigenvalue weighted by molar-refractivity contribution is -0.141. The molecule has 6 amide bonds. The number of aliphatic hydroxyl groups excluding tert-OH is 1. The normalized spacial score (nSPS) is 12.9. The van der Waals surface area contributed by atoms with E-state index in [-0.39, 0.29) is 57.1 Å². The van der Waals surface area contributed by atoms with Crippen molar-refractivity contribution in [1.82, 2.24) is 31.9 Å². The summed E-state index contributed by atoms with van der Waals surface area (Å²) in [4.78, 5) is 112. The predicted molar refractivity (Wildman–Crippen MR) is 244 cm³/mol. The molecule has 0 aliphatic carbocycles. The molecular formula is C40H58N12O11S2. The molecule has 0 saturated heterocycles. The highest BCUT2D eigenvalue weighted by atomic mass is 33.1. The molecule has 2 unspecified atom stereocenters. The Morgan fingerprint density at radius 2 is 1.23 bits per heavy atom. The lowest BCUT2D eigenvalue weighted by Crippen LogP contribution is -2.59. The number of aliphatic carboxylic acids is 1. The Kier molecular flexibility index (Phi) is 24.9. The summed E-state index contributed by atoms with van der Waals surface area (Å²) in [6, 6.07) is 8.34. The van der Waals surface area contributed by atoms with Gasteiger partial charge in [0.1, 0.15) is 36.0 Å². The van der Waals surface area contributed by atoms with Gasteiger partial charge in [-0.25, -0.2) is 4.79 Å². The van der Waals surface area contributed by atoms with Crippen molar-refractivity contribution in [3.05, 3.63) is 60.2 Å². The Labute approximate surface area is 383 Å². The van der Waals surface area contributed by atoms with Gasteiger partial charge >= 0.3 is 11.9 Å². The second-order valence-corrected chi connectivity index (χ2v) is 16.6. The molecule has 2 aromatic carbocycles. The number of nitrogens with zero attached hydrogens (tertiary/aromatic N) is 2. The van der Waals surface area contributed by atoms with Gasteiger partial charge in [-0.1, -0.05) is 71.0 Å². The number of ether oxygens (including phenoxy) is 1. The summed E-state index contributed by atoms with van der Waals surface area (Å²) in [7, 11) is 2.97. The maximum atomic E-state index is 13.6. The third-order valence-corrected chi connectivity index (χ3v) is 11.2.